The molecule has 33 heavy (non-hydrogen) atoms. The second-order valence-electron chi connectivity index (χ2n) is 9.10. The van der Waals surface area contributed by atoms with Gasteiger partial charge in [0.15, 0.2) is 22.1 Å². The summed E-state index contributed by atoms with van der Waals surface area (Å²) in [7, 11) is 2.06. The smallest absolute Gasteiger partial charge is 0.191 e. The Morgan fingerprint density at radius 1 is 1.15 bits per heavy atom. The number of aromatic nitrogens is 5. The molecule has 2 heterocycles. The Hall–Kier alpha value is -2.27. The molecule has 0 saturated heterocycles. The van der Waals surface area contributed by atoms with Crippen molar-refractivity contribution >= 4 is 28.7 Å². The van der Waals surface area contributed by atoms with Crippen molar-refractivity contribution in [3.05, 3.63) is 35.9 Å². The van der Waals surface area contributed by atoms with Crippen LogP contribution >= 0.6 is 11.8 Å². The van der Waals surface area contributed by atoms with Gasteiger partial charge in [0.05, 0.1) is 12.1 Å². The van der Waals surface area contributed by atoms with Crippen LogP contribution in [0.1, 0.15) is 43.7 Å². The molecule has 0 radical (unpaired) electrons. The fourth-order valence-electron chi connectivity index (χ4n) is 4.92. The Morgan fingerprint density at radius 2 is 1.94 bits per heavy atom. The molecule has 2 aromatic heterocycles. The molecule has 6 unspecified atom stereocenters. The maximum atomic E-state index is 10.7. The van der Waals surface area contributed by atoms with Gasteiger partial charge in [0.2, 0.25) is 0 Å². The van der Waals surface area contributed by atoms with E-state index in [0.717, 1.165) is 24.4 Å². The monoisotopic (exact) mass is 469 g/mol. The average Bonchev–Trinajstić information content (AvgIpc) is 3.46. The minimum absolute atomic E-state index is 0.180. The normalized spacial score (nSPS) is 29.0. The lowest BCUT2D eigenvalue weighted by Gasteiger charge is -2.20. The number of benzene rings is 1. The van der Waals surface area contributed by atoms with E-state index in [4.69, 9.17) is 15.7 Å². The highest BCUT2D eigenvalue weighted by atomic mass is 32.2. The molecule has 0 bridgehead atoms. The van der Waals surface area contributed by atoms with Crippen LogP contribution in [-0.2, 0) is 0 Å². The van der Waals surface area contributed by atoms with Gasteiger partial charge in [-0.05, 0) is 31.4 Å². The lowest BCUT2D eigenvalue weighted by atomic mass is 10.1. The summed E-state index contributed by atoms with van der Waals surface area (Å²) in [6.45, 7) is 2.44. The van der Waals surface area contributed by atoms with E-state index in [2.05, 4.69) is 53.4 Å². The number of hydrogen-bond donors (Lipinski definition) is 3. The predicted octanol–water partition coefficient (Wildman–Crippen LogP) is 1.96. The summed E-state index contributed by atoms with van der Waals surface area (Å²) < 4.78 is 1.66. The Morgan fingerprint density at radius 3 is 2.64 bits per heavy atom. The standard InChI is InChI=1S/C23H31N7O2S/c1-3-9-33-23-25-21(29(2)16-11-15(16)13-7-5-4-6-8-13)18-22(26-23)30(28-27-18)17-10-14(12-24)19(31)20(17)32/h4-8,14-17,19-20,31-32H,3,9-12,24H2,1-2H3. The first-order chi connectivity index (χ1) is 16.0. The van der Waals surface area contributed by atoms with Crippen LogP contribution in [0.3, 0.4) is 0 Å². The molecule has 5 rings (SSSR count). The van der Waals surface area contributed by atoms with Gasteiger partial charge in [-0.15, -0.1) is 5.10 Å². The number of thioether (sulfide) groups is 1. The zero-order chi connectivity index (χ0) is 23.1. The number of nitrogens with two attached hydrogens (primary N) is 1. The SMILES string of the molecule is CCCSc1nc(N(C)C2CC2c2ccccc2)c2nnn(C3CC(CN)C(O)C3O)c2n1. The lowest BCUT2D eigenvalue weighted by molar-refractivity contribution is 0.00624. The van der Waals surface area contributed by atoms with Gasteiger partial charge in [-0.25, -0.2) is 14.6 Å². The Labute approximate surface area is 197 Å². The van der Waals surface area contributed by atoms with E-state index in [-0.39, 0.29) is 5.92 Å². The average molecular weight is 470 g/mol. The molecule has 2 aliphatic rings. The summed E-state index contributed by atoms with van der Waals surface area (Å²) in [6, 6.07) is 10.5. The van der Waals surface area contributed by atoms with Crippen LogP contribution in [0.4, 0.5) is 5.82 Å². The fourth-order valence-corrected chi connectivity index (χ4v) is 5.61. The number of anilines is 1. The lowest BCUT2D eigenvalue weighted by Crippen LogP contribution is -2.32. The first-order valence-electron chi connectivity index (χ1n) is 11.6. The van der Waals surface area contributed by atoms with E-state index in [1.165, 1.54) is 5.56 Å². The molecule has 10 heteroatoms. The minimum Gasteiger partial charge on any atom is -0.390 e. The number of nitrogens with zero attached hydrogens (tertiary/aromatic N) is 6. The number of aliphatic hydroxyl groups is 2. The van der Waals surface area contributed by atoms with Crippen LogP contribution in [0.2, 0.25) is 0 Å². The molecule has 176 valence electrons. The van der Waals surface area contributed by atoms with Crippen molar-refractivity contribution in [2.24, 2.45) is 11.7 Å². The summed E-state index contributed by atoms with van der Waals surface area (Å²) in [6.07, 6.45) is 0.762. The molecule has 3 aromatic rings. The van der Waals surface area contributed by atoms with Gasteiger partial charge < -0.3 is 20.8 Å². The topological polar surface area (TPSA) is 126 Å². The van der Waals surface area contributed by atoms with E-state index in [9.17, 15) is 10.2 Å². The molecule has 1 aromatic carbocycles. The van der Waals surface area contributed by atoms with Crippen molar-refractivity contribution in [1.29, 1.82) is 0 Å². The molecular formula is C23H31N7O2S. The summed E-state index contributed by atoms with van der Waals surface area (Å²) in [4.78, 5) is 11.8. The second-order valence-corrected chi connectivity index (χ2v) is 10.2. The van der Waals surface area contributed by atoms with E-state index in [0.29, 0.717) is 41.2 Å². The van der Waals surface area contributed by atoms with E-state index in [1.54, 1.807) is 16.4 Å². The van der Waals surface area contributed by atoms with Crippen molar-refractivity contribution in [2.75, 3.05) is 24.2 Å². The number of aliphatic hydroxyl groups excluding tert-OH is 2. The second kappa shape index (κ2) is 9.17. The van der Waals surface area contributed by atoms with Gasteiger partial charge >= 0.3 is 0 Å². The predicted molar refractivity (Wildman–Crippen MR) is 128 cm³/mol. The summed E-state index contributed by atoms with van der Waals surface area (Å²) in [5, 5.41) is 30.6. The Bertz CT molecular complexity index is 1110. The third-order valence-electron chi connectivity index (χ3n) is 6.92. The van der Waals surface area contributed by atoms with Gasteiger partial charge in [-0.2, -0.15) is 0 Å². The quantitative estimate of drug-likeness (QED) is 0.335. The van der Waals surface area contributed by atoms with Gasteiger partial charge in [-0.3, -0.25) is 0 Å². The van der Waals surface area contributed by atoms with Crippen LogP contribution in [0.15, 0.2) is 35.5 Å². The molecule has 4 N–H and O–H groups in total. The third-order valence-corrected chi connectivity index (χ3v) is 7.98. The van der Waals surface area contributed by atoms with Crippen molar-refractivity contribution in [1.82, 2.24) is 25.0 Å². The summed E-state index contributed by atoms with van der Waals surface area (Å²) in [5.41, 5.74) is 8.35. The summed E-state index contributed by atoms with van der Waals surface area (Å²) >= 11 is 1.61. The van der Waals surface area contributed by atoms with Crippen molar-refractivity contribution < 1.29 is 10.2 Å². The fraction of sp³-hybridized carbons (Fsp3) is 0.565. The zero-order valence-electron chi connectivity index (χ0n) is 18.9. The van der Waals surface area contributed by atoms with Gasteiger partial charge in [-0.1, -0.05) is 54.2 Å². The Kier molecular flexibility index (Phi) is 6.26. The van der Waals surface area contributed by atoms with E-state index < -0.39 is 18.2 Å². The summed E-state index contributed by atoms with van der Waals surface area (Å²) in [5.74, 6) is 1.95. The maximum Gasteiger partial charge on any atom is 0.191 e. The number of fused-ring (bicyclic) bond motifs is 1. The van der Waals surface area contributed by atoms with Crippen LogP contribution in [0, 0.1) is 5.92 Å². The van der Waals surface area contributed by atoms with Gasteiger partial charge in [0.25, 0.3) is 0 Å². The van der Waals surface area contributed by atoms with Crippen LogP contribution in [0.25, 0.3) is 11.2 Å². The molecule has 2 saturated carbocycles. The van der Waals surface area contributed by atoms with Crippen molar-refractivity contribution in [2.45, 2.75) is 61.6 Å². The largest absolute Gasteiger partial charge is 0.390 e. The van der Waals surface area contributed by atoms with Gasteiger partial charge in [0, 0.05) is 30.7 Å². The maximum absolute atomic E-state index is 10.7. The number of rotatable bonds is 8. The van der Waals surface area contributed by atoms with Crippen molar-refractivity contribution in [3.8, 4) is 0 Å². The van der Waals surface area contributed by atoms with E-state index in [1.807, 2.05) is 6.07 Å². The number of hydrogen-bond acceptors (Lipinski definition) is 9. The third kappa shape index (κ3) is 4.09. The van der Waals surface area contributed by atoms with Crippen molar-refractivity contribution in [3.63, 3.8) is 0 Å². The molecule has 2 aliphatic carbocycles. The highest BCUT2D eigenvalue weighted by Crippen LogP contribution is 2.46. The molecular weight excluding hydrogens is 438 g/mol. The molecule has 6 atom stereocenters. The Balaban J connectivity index is 1.51. The first-order valence-corrected chi connectivity index (χ1v) is 12.6. The molecule has 0 spiro atoms. The van der Waals surface area contributed by atoms with Gasteiger partial charge in [0.1, 0.15) is 6.10 Å². The van der Waals surface area contributed by atoms with Crippen LogP contribution < -0.4 is 10.6 Å². The molecule has 9 nitrogen and oxygen atoms in total. The molecule has 0 aliphatic heterocycles. The first kappa shape index (κ1) is 22.5. The highest BCUT2D eigenvalue weighted by molar-refractivity contribution is 7.99. The number of likely N-dealkylation sites (N-methyl/N-ethyl adjacent to an activating group) is 1. The molecule has 0 amide bonds. The van der Waals surface area contributed by atoms with Crippen LogP contribution in [0.5, 0.6) is 0 Å². The highest BCUT2D eigenvalue weighted by Gasteiger charge is 2.45. The van der Waals surface area contributed by atoms with E-state index >= 15 is 0 Å². The zero-order valence-corrected chi connectivity index (χ0v) is 19.8. The van der Waals surface area contributed by atoms with Crippen LogP contribution in [-0.4, -0.2) is 72.8 Å². The molecule has 2 fully saturated rings. The minimum atomic E-state index is -0.961.